The summed E-state index contributed by atoms with van der Waals surface area (Å²) in [6.07, 6.45) is 0. The highest BCUT2D eigenvalue weighted by atomic mass is 15.2. The lowest BCUT2D eigenvalue weighted by Crippen LogP contribution is -2.06. The summed E-state index contributed by atoms with van der Waals surface area (Å²) in [6, 6.07) is 82.2. The van der Waals surface area contributed by atoms with Crippen LogP contribution < -0.4 is 0 Å². The number of benzene rings is 9. The quantitative estimate of drug-likeness (QED) is 0.152. The summed E-state index contributed by atoms with van der Waals surface area (Å²) in [5.41, 5.74) is 14.0. The van der Waals surface area contributed by atoms with Gasteiger partial charge in [0.1, 0.15) is 0 Å². The summed E-state index contributed by atoms with van der Waals surface area (Å²) in [6.45, 7) is 0. The molecule has 7 heteroatoms. The first-order chi connectivity index (χ1) is 33.7. The van der Waals surface area contributed by atoms with Crippen molar-refractivity contribution in [1.29, 1.82) is 0 Å². The summed E-state index contributed by atoms with van der Waals surface area (Å²) >= 11 is 0. The van der Waals surface area contributed by atoms with Crippen LogP contribution >= 0.6 is 0 Å². The molecule has 0 N–H and O–H groups in total. The SMILES string of the molecule is c1ccc(-c2cccc(-c3cc(-c4ccccc4)nc(-c4cccc(-n5c6ccccc6c6cc7c8ccccc8n(-c8nc(-c9ccccc9)nc(-c9ccccc9)n8)c7cc65)c4)n3)c2)cc1. The molecule has 0 atom stereocenters. The predicted octanol–water partition coefficient (Wildman–Crippen LogP) is 14.9. The van der Waals surface area contributed by atoms with Crippen molar-refractivity contribution in [3.63, 3.8) is 0 Å². The Morgan fingerprint density at radius 3 is 1.32 bits per heavy atom. The van der Waals surface area contributed by atoms with E-state index in [2.05, 4.69) is 173 Å². The lowest BCUT2D eigenvalue weighted by Gasteiger charge is -2.13. The van der Waals surface area contributed by atoms with E-state index >= 15 is 0 Å². The number of rotatable bonds is 8. The van der Waals surface area contributed by atoms with Crippen molar-refractivity contribution in [3.05, 3.63) is 237 Å². The van der Waals surface area contributed by atoms with Crippen LogP contribution in [0.1, 0.15) is 0 Å². The van der Waals surface area contributed by atoms with Gasteiger partial charge in [-0.25, -0.2) is 15.0 Å². The first-order valence-corrected chi connectivity index (χ1v) is 22.7. The molecule has 0 radical (unpaired) electrons. The van der Waals surface area contributed by atoms with Crippen LogP contribution in [-0.2, 0) is 0 Å². The zero-order valence-corrected chi connectivity index (χ0v) is 36.6. The molecule has 0 unspecified atom stereocenters. The number of hydrogen-bond acceptors (Lipinski definition) is 5. The molecule has 4 aromatic heterocycles. The van der Waals surface area contributed by atoms with Gasteiger partial charge in [0.15, 0.2) is 17.5 Å². The second kappa shape index (κ2) is 16.3. The van der Waals surface area contributed by atoms with Crippen LogP contribution in [0.4, 0.5) is 0 Å². The molecule has 4 heterocycles. The van der Waals surface area contributed by atoms with Crippen LogP contribution in [0, 0.1) is 0 Å². The molecule has 0 aliphatic carbocycles. The minimum atomic E-state index is 0.550. The Balaban J connectivity index is 1.02. The van der Waals surface area contributed by atoms with E-state index in [9.17, 15) is 0 Å². The van der Waals surface area contributed by atoms with Crippen LogP contribution in [0.2, 0.25) is 0 Å². The molecule has 0 saturated carbocycles. The van der Waals surface area contributed by atoms with Crippen molar-refractivity contribution in [2.24, 2.45) is 0 Å². The predicted molar refractivity (Wildman–Crippen MR) is 277 cm³/mol. The maximum Gasteiger partial charge on any atom is 0.238 e. The van der Waals surface area contributed by atoms with Gasteiger partial charge in [0.25, 0.3) is 0 Å². The van der Waals surface area contributed by atoms with Gasteiger partial charge < -0.3 is 4.57 Å². The van der Waals surface area contributed by atoms with Crippen molar-refractivity contribution < 1.29 is 0 Å². The smallest absolute Gasteiger partial charge is 0.238 e. The third-order valence-electron chi connectivity index (χ3n) is 12.8. The average Bonchev–Trinajstić information content (AvgIpc) is 3.93. The zero-order valence-electron chi connectivity index (χ0n) is 36.6. The van der Waals surface area contributed by atoms with Gasteiger partial charge in [-0.2, -0.15) is 9.97 Å². The van der Waals surface area contributed by atoms with Crippen molar-refractivity contribution in [1.82, 2.24) is 34.1 Å². The molecular weight excluding hydrogens is 831 g/mol. The molecular formula is C61H39N7. The Morgan fingerprint density at radius 2 is 0.691 bits per heavy atom. The molecule has 9 aromatic carbocycles. The largest absolute Gasteiger partial charge is 0.309 e. The highest BCUT2D eigenvalue weighted by Crippen LogP contribution is 2.40. The topological polar surface area (TPSA) is 74.3 Å². The standard InChI is InChI=1S/C61H39N7/c1-5-19-40(20-6-1)44-27-17-28-45(35-44)53-38-52(41-21-7-2-8-22-41)62-60(63-53)46-29-18-30-47(36-46)67-54-33-15-13-31-48(54)50-37-51-49-32-14-16-34-55(49)68(57(51)39-56(50)67)61-65-58(42-23-9-3-10-24-42)64-59(66-61)43-25-11-4-12-26-43/h1-39H. The lowest BCUT2D eigenvalue weighted by atomic mass is 10.0. The molecule has 68 heavy (non-hydrogen) atoms. The summed E-state index contributed by atoms with van der Waals surface area (Å²) in [7, 11) is 0. The molecule has 7 nitrogen and oxygen atoms in total. The van der Waals surface area contributed by atoms with E-state index in [0.717, 1.165) is 99.6 Å². The summed E-state index contributed by atoms with van der Waals surface area (Å²) in [5, 5.41) is 4.54. The highest BCUT2D eigenvalue weighted by molar-refractivity contribution is 6.19. The molecule has 0 spiro atoms. The average molecular weight is 870 g/mol. The molecule has 318 valence electrons. The van der Waals surface area contributed by atoms with Crippen LogP contribution in [0.25, 0.3) is 123 Å². The van der Waals surface area contributed by atoms with Crippen LogP contribution in [0.15, 0.2) is 237 Å². The Kier molecular flexibility index (Phi) is 9.35. The third-order valence-corrected chi connectivity index (χ3v) is 12.8. The molecule has 0 fully saturated rings. The zero-order chi connectivity index (χ0) is 45.0. The highest BCUT2D eigenvalue weighted by Gasteiger charge is 2.22. The lowest BCUT2D eigenvalue weighted by molar-refractivity contribution is 0.953. The Bertz CT molecular complexity index is 3950. The molecule has 0 saturated heterocycles. The number of para-hydroxylation sites is 2. The third kappa shape index (κ3) is 6.80. The Morgan fingerprint density at radius 1 is 0.235 bits per heavy atom. The Hall–Kier alpha value is -9.33. The van der Waals surface area contributed by atoms with E-state index in [-0.39, 0.29) is 0 Å². The van der Waals surface area contributed by atoms with Crippen molar-refractivity contribution in [2.75, 3.05) is 0 Å². The number of fused-ring (bicyclic) bond motifs is 6. The summed E-state index contributed by atoms with van der Waals surface area (Å²) in [4.78, 5) is 26.0. The molecule has 0 aliphatic heterocycles. The van der Waals surface area contributed by atoms with Crippen molar-refractivity contribution >= 4 is 43.6 Å². The van der Waals surface area contributed by atoms with E-state index in [1.807, 2.05) is 72.8 Å². The molecule has 13 aromatic rings. The fourth-order valence-electron chi connectivity index (χ4n) is 9.58. The van der Waals surface area contributed by atoms with Gasteiger partial charge in [0.05, 0.1) is 33.5 Å². The number of aromatic nitrogens is 7. The van der Waals surface area contributed by atoms with Gasteiger partial charge in [-0.1, -0.05) is 188 Å². The minimum absolute atomic E-state index is 0.550. The van der Waals surface area contributed by atoms with E-state index in [1.54, 1.807) is 0 Å². The van der Waals surface area contributed by atoms with Gasteiger partial charge >= 0.3 is 0 Å². The van der Waals surface area contributed by atoms with Crippen molar-refractivity contribution in [3.8, 4) is 79.4 Å². The second-order valence-electron chi connectivity index (χ2n) is 16.9. The maximum absolute atomic E-state index is 5.31. The van der Waals surface area contributed by atoms with Crippen molar-refractivity contribution in [2.45, 2.75) is 0 Å². The Labute approximate surface area is 392 Å². The maximum atomic E-state index is 5.31. The molecule has 0 bridgehead atoms. The summed E-state index contributed by atoms with van der Waals surface area (Å²) < 4.78 is 4.55. The van der Waals surface area contributed by atoms with E-state index in [1.165, 1.54) is 0 Å². The first-order valence-electron chi connectivity index (χ1n) is 22.7. The fourth-order valence-corrected chi connectivity index (χ4v) is 9.58. The minimum Gasteiger partial charge on any atom is -0.309 e. The number of nitrogens with zero attached hydrogens (tertiary/aromatic N) is 7. The van der Waals surface area contributed by atoms with E-state index in [4.69, 9.17) is 24.9 Å². The molecule has 13 rings (SSSR count). The van der Waals surface area contributed by atoms with Gasteiger partial charge in [-0.3, -0.25) is 4.57 Å². The molecule has 0 aliphatic rings. The monoisotopic (exact) mass is 869 g/mol. The van der Waals surface area contributed by atoms with Gasteiger partial charge in [0, 0.05) is 55.0 Å². The van der Waals surface area contributed by atoms with Gasteiger partial charge in [0.2, 0.25) is 5.95 Å². The fraction of sp³-hybridized carbons (Fsp3) is 0. The molecule has 0 amide bonds. The van der Waals surface area contributed by atoms with Gasteiger partial charge in [-0.15, -0.1) is 0 Å². The van der Waals surface area contributed by atoms with Crippen LogP contribution in [0.3, 0.4) is 0 Å². The summed E-state index contributed by atoms with van der Waals surface area (Å²) in [5.74, 6) is 2.42. The second-order valence-corrected chi connectivity index (χ2v) is 16.9. The van der Waals surface area contributed by atoms with Crippen LogP contribution in [-0.4, -0.2) is 34.1 Å². The van der Waals surface area contributed by atoms with Gasteiger partial charge in [-0.05, 0) is 59.7 Å². The normalized spacial score (nSPS) is 11.5. The van der Waals surface area contributed by atoms with E-state index < -0.39 is 0 Å². The number of hydrogen-bond donors (Lipinski definition) is 0. The van der Waals surface area contributed by atoms with E-state index in [0.29, 0.717) is 23.4 Å². The van der Waals surface area contributed by atoms with Crippen LogP contribution in [0.5, 0.6) is 0 Å². The first kappa shape index (κ1) is 39.1.